The van der Waals surface area contributed by atoms with Crippen LogP contribution in [0.4, 0.5) is 0 Å². The molecular formula is C17H14INO. The molecule has 0 aliphatic carbocycles. The maximum absolute atomic E-state index is 9.30. The standard InChI is InChI=1S/C17H14INO/c1-2-20-17-9-3-13(4-10-17)11-15(12-19)14-5-7-16(18)8-6-14/h3-11H,2H2,1H3/b15-11-. The van der Waals surface area contributed by atoms with Crippen LogP contribution in [0.3, 0.4) is 0 Å². The Hall–Kier alpha value is -1.80. The second-order valence-corrected chi connectivity index (χ2v) is 5.42. The Morgan fingerprint density at radius 3 is 2.35 bits per heavy atom. The molecule has 0 amide bonds. The van der Waals surface area contributed by atoms with Crippen LogP contribution in [0.5, 0.6) is 5.75 Å². The lowest BCUT2D eigenvalue weighted by atomic mass is 10.0. The summed E-state index contributed by atoms with van der Waals surface area (Å²) in [7, 11) is 0. The van der Waals surface area contributed by atoms with Gasteiger partial charge in [0.1, 0.15) is 5.75 Å². The first-order valence-electron chi connectivity index (χ1n) is 6.33. The van der Waals surface area contributed by atoms with E-state index in [-0.39, 0.29) is 0 Å². The lowest BCUT2D eigenvalue weighted by molar-refractivity contribution is 0.340. The number of ether oxygens (including phenoxy) is 1. The van der Waals surface area contributed by atoms with Crippen LogP contribution in [0, 0.1) is 14.9 Å². The summed E-state index contributed by atoms with van der Waals surface area (Å²) in [6, 6.07) is 17.9. The number of allylic oxidation sites excluding steroid dienone is 1. The van der Waals surface area contributed by atoms with Gasteiger partial charge in [0, 0.05) is 3.57 Å². The van der Waals surface area contributed by atoms with Crippen LogP contribution in [0.15, 0.2) is 48.5 Å². The lowest BCUT2D eigenvalue weighted by Crippen LogP contribution is -1.90. The SMILES string of the molecule is CCOc1ccc(/C=C(/C#N)c2ccc(I)cc2)cc1. The van der Waals surface area contributed by atoms with Crippen LogP contribution in [0.2, 0.25) is 0 Å². The predicted molar refractivity (Wildman–Crippen MR) is 90.3 cm³/mol. The first-order chi connectivity index (χ1) is 9.72. The average molecular weight is 375 g/mol. The monoisotopic (exact) mass is 375 g/mol. The van der Waals surface area contributed by atoms with E-state index in [0.717, 1.165) is 20.4 Å². The van der Waals surface area contributed by atoms with Crippen molar-refractivity contribution in [2.75, 3.05) is 6.61 Å². The predicted octanol–water partition coefficient (Wildman–Crippen LogP) is 4.75. The van der Waals surface area contributed by atoms with E-state index in [1.807, 2.05) is 61.5 Å². The molecule has 3 heteroatoms. The second-order valence-electron chi connectivity index (χ2n) is 4.18. The highest BCUT2D eigenvalue weighted by molar-refractivity contribution is 14.1. The van der Waals surface area contributed by atoms with Crippen LogP contribution in [-0.2, 0) is 0 Å². The zero-order valence-corrected chi connectivity index (χ0v) is 13.3. The Kier molecular flexibility index (Phi) is 5.19. The van der Waals surface area contributed by atoms with Crippen molar-refractivity contribution >= 4 is 34.2 Å². The van der Waals surface area contributed by atoms with Crippen molar-refractivity contribution in [1.82, 2.24) is 0 Å². The van der Waals surface area contributed by atoms with Gasteiger partial charge in [0.15, 0.2) is 0 Å². The number of halogens is 1. The van der Waals surface area contributed by atoms with Gasteiger partial charge < -0.3 is 4.74 Å². The largest absolute Gasteiger partial charge is 0.494 e. The number of hydrogen-bond donors (Lipinski definition) is 0. The summed E-state index contributed by atoms with van der Waals surface area (Å²) in [5.41, 5.74) is 2.58. The van der Waals surface area contributed by atoms with Gasteiger partial charge in [0.05, 0.1) is 18.2 Å². The molecule has 0 aliphatic rings. The zero-order chi connectivity index (χ0) is 14.4. The molecule has 20 heavy (non-hydrogen) atoms. The first-order valence-corrected chi connectivity index (χ1v) is 7.41. The van der Waals surface area contributed by atoms with Gasteiger partial charge in [-0.25, -0.2) is 0 Å². The van der Waals surface area contributed by atoms with Gasteiger partial charge in [-0.05, 0) is 71.0 Å². The Morgan fingerprint density at radius 2 is 1.80 bits per heavy atom. The van der Waals surface area contributed by atoms with Crippen molar-refractivity contribution < 1.29 is 4.74 Å². The Morgan fingerprint density at radius 1 is 1.15 bits per heavy atom. The minimum absolute atomic E-state index is 0.654. The molecule has 0 fully saturated rings. The maximum atomic E-state index is 9.30. The minimum Gasteiger partial charge on any atom is -0.494 e. The fraction of sp³-hybridized carbons (Fsp3) is 0.118. The molecule has 0 spiro atoms. The van der Waals surface area contributed by atoms with Crippen molar-refractivity contribution in [2.24, 2.45) is 0 Å². The van der Waals surface area contributed by atoms with E-state index in [2.05, 4.69) is 28.7 Å². The van der Waals surface area contributed by atoms with E-state index < -0.39 is 0 Å². The van der Waals surface area contributed by atoms with Crippen LogP contribution >= 0.6 is 22.6 Å². The Balaban J connectivity index is 2.27. The summed E-state index contributed by atoms with van der Waals surface area (Å²) in [6.45, 7) is 2.61. The highest BCUT2D eigenvalue weighted by Crippen LogP contribution is 2.20. The molecule has 0 saturated heterocycles. The summed E-state index contributed by atoms with van der Waals surface area (Å²) >= 11 is 2.25. The van der Waals surface area contributed by atoms with Crippen LogP contribution in [-0.4, -0.2) is 6.61 Å². The first kappa shape index (κ1) is 14.6. The van der Waals surface area contributed by atoms with Gasteiger partial charge in [-0.1, -0.05) is 24.3 Å². The summed E-state index contributed by atoms with van der Waals surface area (Å²) in [6.07, 6.45) is 1.89. The molecule has 0 N–H and O–H groups in total. The quantitative estimate of drug-likeness (QED) is 0.439. The molecule has 2 aromatic rings. The van der Waals surface area contributed by atoms with Gasteiger partial charge >= 0.3 is 0 Å². The number of nitriles is 1. The highest BCUT2D eigenvalue weighted by Gasteiger charge is 2.01. The van der Waals surface area contributed by atoms with Crippen molar-refractivity contribution in [1.29, 1.82) is 5.26 Å². The van der Waals surface area contributed by atoms with Crippen LogP contribution < -0.4 is 4.74 Å². The topological polar surface area (TPSA) is 33.0 Å². The summed E-state index contributed by atoms with van der Waals surface area (Å²) in [5, 5.41) is 9.30. The van der Waals surface area contributed by atoms with Gasteiger partial charge in [-0.2, -0.15) is 5.26 Å². The van der Waals surface area contributed by atoms with E-state index in [4.69, 9.17) is 4.74 Å². The van der Waals surface area contributed by atoms with E-state index in [0.29, 0.717) is 12.2 Å². The van der Waals surface area contributed by atoms with Crippen molar-refractivity contribution in [2.45, 2.75) is 6.92 Å². The van der Waals surface area contributed by atoms with Crippen LogP contribution in [0.25, 0.3) is 11.6 Å². The molecule has 2 aromatic carbocycles. The minimum atomic E-state index is 0.654. The zero-order valence-electron chi connectivity index (χ0n) is 11.1. The van der Waals surface area contributed by atoms with E-state index >= 15 is 0 Å². The van der Waals surface area contributed by atoms with Crippen molar-refractivity contribution in [3.8, 4) is 11.8 Å². The molecule has 100 valence electrons. The van der Waals surface area contributed by atoms with Gasteiger partial charge in [-0.3, -0.25) is 0 Å². The molecular weight excluding hydrogens is 361 g/mol. The van der Waals surface area contributed by atoms with E-state index in [1.54, 1.807) is 0 Å². The third-order valence-electron chi connectivity index (χ3n) is 2.78. The number of benzene rings is 2. The van der Waals surface area contributed by atoms with Gasteiger partial charge in [-0.15, -0.1) is 0 Å². The number of rotatable bonds is 4. The lowest BCUT2D eigenvalue weighted by Gasteiger charge is -2.03. The molecule has 2 nitrogen and oxygen atoms in total. The number of nitrogens with zero attached hydrogens (tertiary/aromatic N) is 1. The third-order valence-corrected chi connectivity index (χ3v) is 3.50. The molecule has 0 bridgehead atoms. The Bertz CT molecular complexity index is 636. The summed E-state index contributed by atoms with van der Waals surface area (Å²) in [5.74, 6) is 0.845. The van der Waals surface area contributed by atoms with Crippen molar-refractivity contribution in [3.05, 3.63) is 63.2 Å². The summed E-state index contributed by atoms with van der Waals surface area (Å²) in [4.78, 5) is 0. The molecule has 2 rings (SSSR count). The highest BCUT2D eigenvalue weighted by atomic mass is 127. The summed E-state index contributed by atoms with van der Waals surface area (Å²) < 4.78 is 6.56. The molecule has 0 heterocycles. The van der Waals surface area contributed by atoms with Crippen LogP contribution in [0.1, 0.15) is 18.1 Å². The normalized spacial score (nSPS) is 10.9. The molecule has 0 aliphatic heterocycles. The molecule has 0 saturated carbocycles. The van der Waals surface area contributed by atoms with E-state index in [1.165, 1.54) is 0 Å². The second kappa shape index (κ2) is 7.11. The number of hydrogen-bond acceptors (Lipinski definition) is 2. The smallest absolute Gasteiger partial charge is 0.119 e. The van der Waals surface area contributed by atoms with Gasteiger partial charge in [0.2, 0.25) is 0 Å². The Labute approximate surface area is 132 Å². The van der Waals surface area contributed by atoms with Crippen molar-refractivity contribution in [3.63, 3.8) is 0 Å². The molecule has 0 atom stereocenters. The molecule has 0 aromatic heterocycles. The van der Waals surface area contributed by atoms with Gasteiger partial charge in [0.25, 0.3) is 0 Å². The molecule has 0 unspecified atom stereocenters. The third kappa shape index (κ3) is 3.84. The fourth-order valence-corrected chi connectivity index (χ4v) is 2.16. The molecule has 0 radical (unpaired) electrons. The van der Waals surface area contributed by atoms with E-state index in [9.17, 15) is 5.26 Å². The maximum Gasteiger partial charge on any atom is 0.119 e. The average Bonchev–Trinajstić information content (AvgIpc) is 2.48. The fourth-order valence-electron chi connectivity index (χ4n) is 1.80.